The van der Waals surface area contributed by atoms with Crippen LogP contribution in [0.4, 0.5) is 5.69 Å². The molecule has 0 spiro atoms. The molecule has 1 N–H and O–H groups in total. The van der Waals surface area contributed by atoms with Crippen molar-refractivity contribution in [3.8, 4) is 17.6 Å². The van der Waals surface area contributed by atoms with Crippen molar-refractivity contribution in [2.75, 3.05) is 19.5 Å². The van der Waals surface area contributed by atoms with Gasteiger partial charge in [-0.1, -0.05) is 13.8 Å². The van der Waals surface area contributed by atoms with E-state index in [1.165, 1.54) is 14.2 Å². The van der Waals surface area contributed by atoms with Crippen LogP contribution in [0.2, 0.25) is 0 Å². The van der Waals surface area contributed by atoms with Crippen molar-refractivity contribution in [3.05, 3.63) is 18.2 Å². The van der Waals surface area contributed by atoms with Crippen molar-refractivity contribution < 1.29 is 14.3 Å². The third kappa shape index (κ3) is 3.21. The van der Waals surface area contributed by atoms with E-state index in [2.05, 4.69) is 11.4 Å². The Morgan fingerprint density at radius 3 is 2.05 bits per heavy atom. The average Bonchev–Trinajstić information content (AvgIpc) is 2.49. The molecule has 1 aromatic rings. The molecule has 5 nitrogen and oxygen atoms in total. The number of benzene rings is 1. The summed E-state index contributed by atoms with van der Waals surface area (Å²) in [6.07, 6.45) is 0.930. The highest BCUT2D eigenvalue weighted by Crippen LogP contribution is 2.30. The molecule has 0 saturated heterocycles. The Hall–Kier alpha value is -2.22. The first-order valence-electron chi connectivity index (χ1n) is 6.51. The van der Waals surface area contributed by atoms with Crippen LogP contribution in [0.15, 0.2) is 18.2 Å². The predicted molar refractivity (Wildman–Crippen MR) is 76.8 cm³/mol. The van der Waals surface area contributed by atoms with E-state index in [9.17, 15) is 10.1 Å². The smallest absolute Gasteiger partial charge is 0.244 e. The SMILES string of the molecule is CCC(C#N)(CC)C(=O)Nc1cc(OC)cc(OC)c1. The highest BCUT2D eigenvalue weighted by molar-refractivity contribution is 5.97. The van der Waals surface area contributed by atoms with E-state index >= 15 is 0 Å². The van der Waals surface area contributed by atoms with E-state index in [0.717, 1.165) is 0 Å². The Kier molecular flexibility index (Phi) is 5.39. The van der Waals surface area contributed by atoms with E-state index in [4.69, 9.17) is 9.47 Å². The van der Waals surface area contributed by atoms with Gasteiger partial charge in [0.2, 0.25) is 5.91 Å². The summed E-state index contributed by atoms with van der Waals surface area (Å²) < 4.78 is 10.3. The molecule has 0 bridgehead atoms. The normalized spacial score (nSPS) is 10.6. The van der Waals surface area contributed by atoms with Crippen molar-refractivity contribution in [2.45, 2.75) is 26.7 Å². The Balaban J connectivity index is 3.04. The van der Waals surface area contributed by atoms with Gasteiger partial charge in [-0.25, -0.2) is 0 Å². The van der Waals surface area contributed by atoms with Gasteiger partial charge in [0.05, 0.1) is 20.3 Å². The van der Waals surface area contributed by atoms with E-state index in [-0.39, 0.29) is 5.91 Å². The minimum absolute atomic E-state index is 0.305. The second kappa shape index (κ2) is 6.80. The van der Waals surface area contributed by atoms with Crippen molar-refractivity contribution >= 4 is 11.6 Å². The van der Waals surface area contributed by atoms with Crippen LogP contribution >= 0.6 is 0 Å². The maximum absolute atomic E-state index is 12.3. The lowest BCUT2D eigenvalue weighted by Gasteiger charge is -2.22. The first-order chi connectivity index (χ1) is 9.54. The van der Waals surface area contributed by atoms with Gasteiger partial charge in [0.25, 0.3) is 0 Å². The molecule has 0 aromatic heterocycles. The van der Waals surface area contributed by atoms with Gasteiger partial charge < -0.3 is 14.8 Å². The van der Waals surface area contributed by atoms with E-state index in [1.54, 1.807) is 18.2 Å². The number of methoxy groups -OCH3 is 2. The van der Waals surface area contributed by atoms with Gasteiger partial charge in [-0.05, 0) is 12.8 Å². The van der Waals surface area contributed by atoms with Crippen LogP contribution in [-0.4, -0.2) is 20.1 Å². The van der Waals surface area contributed by atoms with Crippen LogP contribution < -0.4 is 14.8 Å². The summed E-state index contributed by atoms with van der Waals surface area (Å²) in [6.45, 7) is 3.66. The minimum atomic E-state index is -1.00. The van der Waals surface area contributed by atoms with Gasteiger partial charge in [0.1, 0.15) is 16.9 Å². The fourth-order valence-electron chi connectivity index (χ4n) is 1.91. The number of rotatable bonds is 6. The largest absolute Gasteiger partial charge is 0.497 e. The number of amides is 1. The number of carbonyl (C=O) groups is 1. The van der Waals surface area contributed by atoms with Crippen molar-refractivity contribution in [2.24, 2.45) is 5.41 Å². The fraction of sp³-hybridized carbons (Fsp3) is 0.467. The Labute approximate surface area is 119 Å². The van der Waals surface area contributed by atoms with E-state index in [0.29, 0.717) is 30.0 Å². The zero-order valence-electron chi connectivity index (χ0n) is 12.3. The average molecular weight is 276 g/mol. The van der Waals surface area contributed by atoms with Gasteiger partial charge in [-0.15, -0.1) is 0 Å². The number of ether oxygens (including phenoxy) is 2. The summed E-state index contributed by atoms with van der Waals surface area (Å²) in [5, 5.41) is 12.0. The van der Waals surface area contributed by atoms with Crippen LogP contribution in [0, 0.1) is 16.7 Å². The minimum Gasteiger partial charge on any atom is -0.497 e. The quantitative estimate of drug-likeness (QED) is 0.867. The Bertz CT molecular complexity index is 494. The lowest BCUT2D eigenvalue weighted by Crippen LogP contribution is -2.33. The van der Waals surface area contributed by atoms with Crippen molar-refractivity contribution in [1.29, 1.82) is 5.26 Å². The van der Waals surface area contributed by atoms with Crippen molar-refractivity contribution in [3.63, 3.8) is 0 Å². The molecule has 0 aliphatic rings. The maximum Gasteiger partial charge on any atom is 0.244 e. The summed E-state index contributed by atoms with van der Waals surface area (Å²) in [4.78, 5) is 12.3. The highest BCUT2D eigenvalue weighted by Gasteiger charge is 2.35. The monoisotopic (exact) mass is 276 g/mol. The number of nitriles is 1. The first kappa shape index (κ1) is 15.8. The zero-order chi connectivity index (χ0) is 15.2. The van der Waals surface area contributed by atoms with Gasteiger partial charge in [-0.2, -0.15) is 5.26 Å². The number of hydrogen-bond donors (Lipinski definition) is 1. The third-order valence-electron chi connectivity index (χ3n) is 3.47. The molecule has 1 amide bonds. The molecule has 20 heavy (non-hydrogen) atoms. The number of hydrogen-bond acceptors (Lipinski definition) is 4. The fourth-order valence-corrected chi connectivity index (χ4v) is 1.91. The molecule has 1 aromatic carbocycles. The van der Waals surface area contributed by atoms with Crippen LogP contribution in [0.5, 0.6) is 11.5 Å². The summed E-state index contributed by atoms with van der Waals surface area (Å²) in [7, 11) is 3.08. The van der Waals surface area contributed by atoms with Crippen LogP contribution in [-0.2, 0) is 4.79 Å². The molecule has 0 radical (unpaired) electrons. The number of nitrogens with zero attached hydrogens (tertiary/aromatic N) is 1. The van der Waals surface area contributed by atoms with Crippen LogP contribution in [0.3, 0.4) is 0 Å². The summed E-state index contributed by atoms with van der Waals surface area (Å²) >= 11 is 0. The molecule has 0 saturated carbocycles. The number of anilines is 1. The zero-order valence-corrected chi connectivity index (χ0v) is 12.3. The van der Waals surface area contributed by atoms with Gasteiger partial charge in [-0.3, -0.25) is 4.79 Å². The van der Waals surface area contributed by atoms with Crippen molar-refractivity contribution in [1.82, 2.24) is 0 Å². The first-order valence-corrected chi connectivity index (χ1v) is 6.51. The molecule has 0 aliphatic heterocycles. The second-order valence-corrected chi connectivity index (χ2v) is 4.46. The topological polar surface area (TPSA) is 71.4 Å². The maximum atomic E-state index is 12.3. The lowest BCUT2D eigenvalue weighted by atomic mass is 9.83. The molecular formula is C15H20N2O3. The summed E-state index contributed by atoms with van der Waals surface area (Å²) in [5.41, 5.74) is -0.455. The number of carbonyl (C=O) groups excluding carboxylic acids is 1. The lowest BCUT2D eigenvalue weighted by molar-refractivity contribution is -0.123. The summed E-state index contributed by atoms with van der Waals surface area (Å²) in [5.74, 6) is 0.853. The Morgan fingerprint density at radius 1 is 1.20 bits per heavy atom. The molecule has 0 unspecified atom stereocenters. The van der Waals surface area contributed by atoms with Crippen LogP contribution in [0.25, 0.3) is 0 Å². The van der Waals surface area contributed by atoms with Gasteiger partial charge >= 0.3 is 0 Å². The van der Waals surface area contributed by atoms with Crippen LogP contribution in [0.1, 0.15) is 26.7 Å². The molecule has 5 heteroatoms. The van der Waals surface area contributed by atoms with Gasteiger partial charge in [0.15, 0.2) is 0 Å². The van der Waals surface area contributed by atoms with Gasteiger partial charge in [0, 0.05) is 23.9 Å². The molecule has 0 atom stereocenters. The third-order valence-corrected chi connectivity index (χ3v) is 3.47. The summed E-state index contributed by atoms with van der Waals surface area (Å²) in [6, 6.07) is 7.21. The van der Waals surface area contributed by atoms with E-state index in [1.807, 2.05) is 13.8 Å². The molecular weight excluding hydrogens is 256 g/mol. The predicted octanol–water partition coefficient (Wildman–Crippen LogP) is 2.97. The molecule has 0 fully saturated rings. The Morgan fingerprint density at radius 2 is 1.70 bits per heavy atom. The molecule has 0 heterocycles. The number of nitrogens with one attached hydrogen (secondary N) is 1. The second-order valence-electron chi connectivity index (χ2n) is 4.46. The molecule has 1 rings (SSSR count). The standard InChI is InChI=1S/C15H20N2O3/c1-5-15(6-2,10-16)14(18)17-11-7-12(19-3)9-13(8-11)20-4/h7-9H,5-6H2,1-4H3,(H,17,18). The molecule has 108 valence electrons. The highest BCUT2D eigenvalue weighted by atomic mass is 16.5. The molecule has 0 aliphatic carbocycles. The van der Waals surface area contributed by atoms with E-state index < -0.39 is 5.41 Å².